The van der Waals surface area contributed by atoms with Gasteiger partial charge in [0.2, 0.25) is 11.8 Å². The Bertz CT molecular complexity index is 1410. The Morgan fingerprint density at radius 2 is 1.52 bits per heavy atom. The molecule has 0 radical (unpaired) electrons. The van der Waals surface area contributed by atoms with Crippen molar-refractivity contribution in [1.29, 1.82) is 0 Å². The normalized spacial score (nSPS) is 12.2. The summed E-state index contributed by atoms with van der Waals surface area (Å²) in [6.07, 6.45) is 0.342. The summed E-state index contributed by atoms with van der Waals surface area (Å²) in [6.45, 7) is 9.59. The monoisotopic (exact) mass is 583 g/mol. The molecule has 0 saturated heterocycles. The molecule has 0 bridgehead atoms. The van der Waals surface area contributed by atoms with E-state index in [1.54, 1.807) is 48.5 Å². The number of anilines is 1. The van der Waals surface area contributed by atoms with Crippen LogP contribution in [-0.2, 0) is 26.2 Å². The molecule has 3 aromatic carbocycles. The van der Waals surface area contributed by atoms with Crippen LogP contribution >= 0.6 is 11.6 Å². The van der Waals surface area contributed by atoms with E-state index in [2.05, 4.69) is 5.32 Å². The number of hydrogen-bond acceptors (Lipinski definition) is 4. The van der Waals surface area contributed by atoms with E-state index < -0.39 is 28.5 Å². The topological polar surface area (TPSA) is 86.8 Å². The summed E-state index contributed by atoms with van der Waals surface area (Å²) in [7, 11) is -4.11. The second kappa shape index (κ2) is 13.8. The minimum atomic E-state index is -4.11. The number of aryl methyl sites for hydroxylation is 2. The molecule has 7 nitrogen and oxygen atoms in total. The first-order chi connectivity index (χ1) is 18.9. The second-order valence-electron chi connectivity index (χ2n) is 10.3. The standard InChI is InChI=1S/C31H38ClN3O4S/c1-6-29(31(37)33-19-22(2)3)34(20-25-12-10-11-15-28(25)32)30(36)21-35(26-17-23(4)16-24(5)18-26)40(38,39)27-13-8-7-9-14-27/h7-18,22,29H,6,19-21H2,1-5H3,(H,33,37)/t29-/m1/s1. The maximum absolute atomic E-state index is 14.1. The van der Waals surface area contributed by atoms with Gasteiger partial charge in [0.25, 0.3) is 10.0 Å². The van der Waals surface area contributed by atoms with Gasteiger partial charge in [0.1, 0.15) is 12.6 Å². The van der Waals surface area contributed by atoms with E-state index >= 15 is 0 Å². The molecule has 0 fully saturated rings. The number of sulfonamides is 1. The smallest absolute Gasteiger partial charge is 0.264 e. The summed E-state index contributed by atoms with van der Waals surface area (Å²) in [4.78, 5) is 28.9. The zero-order valence-electron chi connectivity index (χ0n) is 23.7. The highest BCUT2D eigenvalue weighted by molar-refractivity contribution is 7.92. The summed E-state index contributed by atoms with van der Waals surface area (Å²) >= 11 is 6.45. The van der Waals surface area contributed by atoms with Crippen LogP contribution in [-0.4, -0.2) is 44.3 Å². The van der Waals surface area contributed by atoms with Crippen LogP contribution in [0.2, 0.25) is 5.02 Å². The van der Waals surface area contributed by atoms with Crippen molar-refractivity contribution in [3.05, 3.63) is 94.5 Å². The molecule has 1 atom stereocenters. The Morgan fingerprint density at radius 3 is 2.10 bits per heavy atom. The second-order valence-corrected chi connectivity index (χ2v) is 12.6. The van der Waals surface area contributed by atoms with E-state index in [4.69, 9.17) is 11.6 Å². The van der Waals surface area contributed by atoms with Gasteiger partial charge < -0.3 is 10.2 Å². The van der Waals surface area contributed by atoms with Crippen molar-refractivity contribution in [1.82, 2.24) is 10.2 Å². The van der Waals surface area contributed by atoms with E-state index in [0.29, 0.717) is 29.2 Å². The largest absolute Gasteiger partial charge is 0.354 e. The lowest BCUT2D eigenvalue weighted by atomic mass is 10.1. The van der Waals surface area contributed by atoms with Crippen LogP contribution in [0.25, 0.3) is 0 Å². The summed E-state index contributed by atoms with van der Waals surface area (Å²) in [5.74, 6) is -0.573. The van der Waals surface area contributed by atoms with Gasteiger partial charge in [-0.3, -0.25) is 13.9 Å². The molecular weight excluding hydrogens is 546 g/mol. The number of hydrogen-bond donors (Lipinski definition) is 1. The van der Waals surface area contributed by atoms with Crippen LogP contribution in [0.4, 0.5) is 5.69 Å². The molecule has 1 N–H and O–H groups in total. The number of amides is 2. The molecule has 0 spiro atoms. The van der Waals surface area contributed by atoms with Gasteiger partial charge in [-0.15, -0.1) is 0 Å². The molecule has 2 amide bonds. The SMILES string of the molecule is CC[C@H](C(=O)NCC(C)C)N(Cc1ccccc1Cl)C(=O)CN(c1cc(C)cc(C)c1)S(=O)(=O)c1ccccc1. The van der Waals surface area contributed by atoms with Gasteiger partial charge in [-0.25, -0.2) is 8.42 Å². The van der Waals surface area contributed by atoms with Gasteiger partial charge >= 0.3 is 0 Å². The Labute approximate surface area is 243 Å². The summed E-state index contributed by atoms with van der Waals surface area (Å²) < 4.78 is 29.0. The molecule has 214 valence electrons. The van der Waals surface area contributed by atoms with E-state index in [1.807, 2.05) is 46.8 Å². The van der Waals surface area contributed by atoms with Crippen molar-refractivity contribution in [2.45, 2.75) is 58.5 Å². The molecule has 3 rings (SSSR count). The van der Waals surface area contributed by atoms with Crippen molar-refractivity contribution in [2.24, 2.45) is 5.92 Å². The Balaban J connectivity index is 2.08. The van der Waals surface area contributed by atoms with Crippen LogP contribution in [0.5, 0.6) is 0 Å². The molecule has 0 aromatic heterocycles. The lowest BCUT2D eigenvalue weighted by Crippen LogP contribution is -2.52. The highest BCUT2D eigenvalue weighted by atomic mass is 35.5. The van der Waals surface area contributed by atoms with Gasteiger partial charge in [0, 0.05) is 18.1 Å². The molecule has 9 heteroatoms. The fourth-order valence-corrected chi connectivity index (χ4v) is 6.11. The van der Waals surface area contributed by atoms with Crippen LogP contribution in [0.1, 0.15) is 43.9 Å². The molecule has 0 unspecified atom stereocenters. The number of nitrogens with one attached hydrogen (secondary N) is 1. The van der Waals surface area contributed by atoms with Gasteiger partial charge in [0.05, 0.1) is 10.6 Å². The highest BCUT2D eigenvalue weighted by Gasteiger charge is 2.34. The lowest BCUT2D eigenvalue weighted by Gasteiger charge is -2.33. The molecule has 40 heavy (non-hydrogen) atoms. The maximum Gasteiger partial charge on any atom is 0.264 e. The number of benzene rings is 3. The molecule has 0 aliphatic heterocycles. The molecule has 3 aromatic rings. The number of carbonyl (C=O) groups is 2. The van der Waals surface area contributed by atoms with Crippen molar-refractivity contribution >= 4 is 39.1 Å². The van der Waals surface area contributed by atoms with Gasteiger partial charge in [-0.05, 0) is 73.2 Å². The molecule has 0 aliphatic rings. The van der Waals surface area contributed by atoms with Gasteiger partial charge in [0.15, 0.2) is 0 Å². The zero-order chi connectivity index (χ0) is 29.4. The lowest BCUT2D eigenvalue weighted by molar-refractivity contribution is -0.140. The third-order valence-corrected chi connectivity index (χ3v) is 8.63. The van der Waals surface area contributed by atoms with E-state index in [9.17, 15) is 18.0 Å². The Hall–Kier alpha value is -3.36. The third kappa shape index (κ3) is 7.86. The first-order valence-corrected chi connectivity index (χ1v) is 15.2. The minimum absolute atomic E-state index is 0.0538. The van der Waals surface area contributed by atoms with E-state index in [1.165, 1.54) is 17.0 Å². The molecule has 0 saturated carbocycles. The quantitative estimate of drug-likeness (QED) is 0.295. The number of nitrogens with zero attached hydrogens (tertiary/aromatic N) is 2. The maximum atomic E-state index is 14.1. The van der Waals surface area contributed by atoms with Crippen molar-refractivity contribution in [2.75, 3.05) is 17.4 Å². The van der Waals surface area contributed by atoms with E-state index in [-0.39, 0.29) is 23.3 Å². The first-order valence-electron chi connectivity index (χ1n) is 13.4. The van der Waals surface area contributed by atoms with Crippen molar-refractivity contribution in [3.63, 3.8) is 0 Å². The van der Waals surface area contributed by atoms with Crippen molar-refractivity contribution in [3.8, 4) is 0 Å². The molecular formula is C31H38ClN3O4S. The van der Waals surface area contributed by atoms with Crippen LogP contribution in [0, 0.1) is 19.8 Å². The average Bonchev–Trinajstić information content (AvgIpc) is 2.91. The molecule has 0 aliphatic carbocycles. The average molecular weight is 584 g/mol. The summed E-state index contributed by atoms with van der Waals surface area (Å²) in [5, 5.41) is 3.39. The van der Waals surface area contributed by atoms with Gasteiger partial charge in [-0.1, -0.05) is 74.8 Å². The van der Waals surface area contributed by atoms with E-state index in [0.717, 1.165) is 15.4 Å². The highest BCUT2D eigenvalue weighted by Crippen LogP contribution is 2.27. The number of halogens is 1. The predicted octanol–water partition coefficient (Wildman–Crippen LogP) is 5.73. The number of rotatable bonds is 12. The van der Waals surface area contributed by atoms with Crippen molar-refractivity contribution < 1.29 is 18.0 Å². The van der Waals surface area contributed by atoms with Crippen LogP contribution in [0.15, 0.2) is 77.7 Å². The zero-order valence-corrected chi connectivity index (χ0v) is 25.3. The van der Waals surface area contributed by atoms with Crippen LogP contribution < -0.4 is 9.62 Å². The van der Waals surface area contributed by atoms with Crippen LogP contribution in [0.3, 0.4) is 0 Å². The fourth-order valence-electron chi connectivity index (χ4n) is 4.50. The summed E-state index contributed by atoms with van der Waals surface area (Å²) in [5.41, 5.74) is 2.77. The first kappa shape index (κ1) is 31.2. The minimum Gasteiger partial charge on any atom is -0.354 e. The molecule has 0 heterocycles. The number of carbonyl (C=O) groups excluding carboxylic acids is 2. The Morgan fingerprint density at radius 1 is 0.925 bits per heavy atom. The fraction of sp³-hybridized carbons (Fsp3) is 0.355. The Kier molecular flexibility index (Phi) is 10.8. The third-order valence-electron chi connectivity index (χ3n) is 6.47. The van der Waals surface area contributed by atoms with Gasteiger partial charge in [-0.2, -0.15) is 0 Å². The summed E-state index contributed by atoms with van der Waals surface area (Å²) in [6, 6.07) is 19.8. The predicted molar refractivity (Wildman–Crippen MR) is 161 cm³/mol.